The summed E-state index contributed by atoms with van der Waals surface area (Å²) in [5, 5.41) is 13.9. The van der Waals surface area contributed by atoms with Crippen LogP contribution < -0.4 is 10.6 Å². The molecule has 88 valence electrons. The summed E-state index contributed by atoms with van der Waals surface area (Å²) >= 11 is 0. The van der Waals surface area contributed by atoms with Crippen LogP contribution in [0.15, 0.2) is 0 Å². The van der Waals surface area contributed by atoms with Gasteiger partial charge in [-0.3, -0.25) is 0 Å². The third-order valence-electron chi connectivity index (χ3n) is 1.87. The van der Waals surface area contributed by atoms with Crippen LogP contribution in [0, 0.1) is 0 Å². The lowest BCUT2D eigenvalue weighted by molar-refractivity contribution is -0.139. The Hall–Kier alpha value is -1.26. The van der Waals surface area contributed by atoms with Gasteiger partial charge in [-0.15, -0.1) is 0 Å². The highest BCUT2D eigenvalue weighted by atomic mass is 16.4. The van der Waals surface area contributed by atoms with Crippen molar-refractivity contribution < 1.29 is 14.7 Å². The van der Waals surface area contributed by atoms with E-state index in [1.54, 1.807) is 0 Å². The molecule has 0 bridgehead atoms. The molecule has 0 heterocycles. The van der Waals surface area contributed by atoms with Gasteiger partial charge >= 0.3 is 12.0 Å². The van der Waals surface area contributed by atoms with E-state index in [0.29, 0.717) is 6.42 Å². The number of urea groups is 1. The molecule has 0 saturated carbocycles. The SMILES string of the molecule is CCCCC(NC(=O)NC(C)C)C(=O)O. The molecule has 1 atom stereocenters. The van der Waals surface area contributed by atoms with Crippen LogP contribution in [0.2, 0.25) is 0 Å². The van der Waals surface area contributed by atoms with Crippen molar-refractivity contribution >= 4 is 12.0 Å². The maximum Gasteiger partial charge on any atom is 0.326 e. The minimum atomic E-state index is -0.984. The number of carboxylic acid groups (broad SMARTS) is 1. The van der Waals surface area contributed by atoms with Crippen molar-refractivity contribution in [3.05, 3.63) is 0 Å². The lowest BCUT2D eigenvalue weighted by atomic mass is 10.1. The van der Waals surface area contributed by atoms with Crippen molar-refractivity contribution in [2.75, 3.05) is 0 Å². The lowest BCUT2D eigenvalue weighted by Gasteiger charge is -2.16. The predicted octanol–water partition coefficient (Wildman–Crippen LogP) is 1.34. The molecule has 0 aliphatic carbocycles. The van der Waals surface area contributed by atoms with Crippen molar-refractivity contribution in [2.24, 2.45) is 0 Å². The highest BCUT2D eigenvalue weighted by Crippen LogP contribution is 2.00. The number of carbonyl (C=O) groups excluding carboxylic acids is 1. The molecule has 0 aromatic heterocycles. The zero-order chi connectivity index (χ0) is 11.8. The number of hydrogen-bond donors (Lipinski definition) is 3. The number of nitrogens with one attached hydrogen (secondary N) is 2. The second-order valence-corrected chi connectivity index (χ2v) is 3.81. The Morgan fingerprint density at radius 3 is 2.27 bits per heavy atom. The summed E-state index contributed by atoms with van der Waals surface area (Å²) in [5.41, 5.74) is 0. The summed E-state index contributed by atoms with van der Waals surface area (Å²) in [6.45, 7) is 5.62. The van der Waals surface area contributed by atoms with E-state index < -0.39 is 18.0 Å². The van der Waals surface area contributed by atoms with Crippen LogP contribution in [0.4, 0.5) is 4.79 Å². The molecule has 0 fully saturated rings. The topological polar surface area (TPSA) is 78.4 Å². The second kappa shape index (κ2) is 7.09. The molecule has 5 nitrogen and oxygen atoms in total. The van der Waals surface area contributed by atoms with E-state index >= 15 is 0 Å². The Bertz CT molecular complexity index is 217. The maximum atomic E-state index is 11.2. The standard InChI is InChI=1S/C10H20N2O3/c1-4-5-6-8(9(13)14)12-10(15)11-7(2)3/h7-8H,4-6H2,1-3H3,(H,13,14)(H2,11,12,15). The lowest BCUT2D eigenvalue weighted by Crippen LogP contribution is -2.47. The van der Waals surface area contributed by atoms with Crippen LogP contribution in [0.3, 0.4) is 0 Å². The Morgan fingerprint density at radius 2 is 1.87 bits per heavy atom. The number of amides is 2. The maximum absolute atomic E-state index is 11.2. The molecule has 0 radical (unpaired) electrons. The first-order valence-electron chi connectivity index (χ1n) is 5.27. The van der Waals surface area contributed by atoms with Crippen molar-refractivity contribution in [3.8, 4) is 0 Å². The molecule has 3 N–H and O–H groups in total. The minimum absolute atomic E-state index is 0.00520. The third kappa shape index (κ3) is 6.76. The first-order chi connectivity index (χ1) is 6.97. The van der Waals surface area contributed by atoms with Crippen LogP contribution in [0.5, 0.6) is 0 Å². The van der Waals surface area contributed by atoms with Gasteiger partial charge in [0.2, 0.25) is 0 Å². The Balaban J connectivity index is 4.04. The fourth-order valence-electron chi connectivity index (χ4n) is 1.13. The number of unbranched alkanes of at least 4 members (excludes halogenated alkanes) is 1. The smallest absolute Gasteiger partial charge is 0.326 e. The van der Waals surface area contributed by atoms with E-state index in [2.05, 4.69) is 10.6 Å². The molecule has 0 spiro atoms. The highest BCUT2D eigenvalue weighted by molar-refractivity contribution is 5.82. The summed E-state index contributed by atoms with van der Waals surface area (Å²) in [7, 11) is 0. The van der Waals surface area contributed by atoms with Crippen LogP contribution >= 0.6 is 0 Å². The van der Waals surface area contributed by atoms with Crippen molar-refractivity contribution in [1.82, 2.24) is 10.6 Å². The average molecular weight is 216 g/mol. The number of hydrogen-bond acceptors (Lipinski definition) is 2. The highest BCUT2D eigenvalue weighted by Gasteiger charge is 2.18. The minimum Gasteiger partial charge on any atom is -0.480 e. The molecule has 0 aliphatic heterocycles. The van der Waals surface area contributed by atoms with Gasteiger partial charge in [0, 0.05) is 6.04 Å². The molecule has 2 amide bonds. The first-order valence-corrected chi connectivity index (χ1v) is 5.27. The molecule has 1 unspecified atom stereocenters. The van der Waals surface area contributed by atoms with Gasteiger partial charge in [-0.2, -0.15) is 0 Å². The normalized spacial score (nSPS) is 12.3. The molecule has 15 heavy (non-hydrogen) atoms. The van der Waals surface area contributed by atoms with E-state index in [4.69, 9.17) is 5.11 Å². The molecule has 0 aromatic carbocycles. The Labute approximate surface area is 90.2 Å². The van der Waals surface area contributed by atoms with E-state index in [1.165, 1.54) is 0 Å². The van der Waals surface area contributed by atoms with Gasteiger partial charge in [-0.05, 0) is 20.3 Å². The number of aliphatic carboxylic acids is 1. The van der Waals surface area contributed by atoms with Crippen LogP contribution in [-0.4, -0.2) is 29.2 Å². The van der Waals surface area contributed by atoms with E-state index in [-0.39, 0.29) is 6.04 Å². The molecule has 0 aromatic rings. The summed E-state index contributed by atoms with van der Waals surface area (Å²) in [6, 6.07) is -1.21. The zero-order valence-corrected chi connectivity index (χ0v) is 9.54. The second-order valence-electron chi connectivity index (χ2n) is 3.81. The number of rotatable bonds is 6. The summed E-state index contributed by atoms with van der Waals surface area (Å²) in [6.07, 6.45) is 2.17. The van der Waals surface area contributed by atoms with Gasteiger partial charge in [-0.1, -0.05) is 19.8 Å². The number of carbonyl (C=O) groups is 2. The Kier molecular flexibility index (Phi) is 6.49. The largest absolute Gasteiger partial charge is 0.480 e. The predicted molar refractivity (Wildman–Crippen MR) is 57.8 cm³/mol. The molecule has 0 saturated heterocycles. The molecule has 0 aliphatic rings. The summed E-state index contributed by atoms with van der Waals surface area (Å²) in [4.78, 5) is 22.0. The van der Waals surface area contributed by atoms with Crippen LogP contribution in [-0.2, 0) is 4.79 Å². The molecule has 0 rings (SSSR count). The molecule has 5 heteroatoms. The third-order valence-corrected chi connectivity index (χ3v) is 1.87. The van der Waals surface area contributed by atoms with Crippen molar-refractivity contribution in [1.29, 1.82) is 0 Å². The fourth-order valence-corrected chi connectivity index (χ4v) is 1.13. The van der Waals surface area contributed by atoms with Crippen LogP contribution in [0.1, 0.15) is 40.0 Å². The van der Waals surface area contributed by atoms with Crippen LogP contribution in [0.25, 0.3) is 0 Å². The molecular formula is C10H20N2O3. The monoisotopic (exact) mass is 216 g/mol. The molecular weight excluding hydrogens is 196 g/mol. The van der Waals surface area contributed by atoms with Gasteiger partial charge in [0.05, 0.1) is 0 Å². The average Bonchev–Trinajstić information content (AvgIpc) is 2.10. The fraction of sp³-hybridized carbons (Fsp3) is 0.800. The van der Waals surface area contributed by atoms with Crippen molar-refractivity contribution in [3.63, 3.8) is 0 Å². The van der Waals surface area contributed by atoms with Gasteiger partial charge in [0.15, 0.2) is 0 Å². The van der Waals surface area contributed by atoms with Gasteiger partial charge in [-0.25, -0.2) is 9.59 Å². The first kappa shape index (κ1) is 13.7. The summed E-state index contributed by atoms with van der Waals surface area (Å²) < 4.78 is 0. The van der Waals surface area contributed by atoms with E-state index in [0.717, 1.165) is 12.8 Å². The van der Waals surface area contributed by atoms with E-state index in [1.807, 2.05) is 20.8 Å². The Morgan fingerprint density at radius 1 is 1.27 bits per heavy atom. The summed E-state index contributed by atoms with van der Waals surface area (Å²) in [5.74, 6) is -0.984. The quantitative estimate of drug-likeness (QED) is 0.627. The number of carboxylic acids is 1. The van der Waals surface area contributed by atoms with Crippen molar-refractivity contribution in [2.45, 2.75) is 52.1 Å². The van der Waals surface area contributed by atoms with Gasteiger partial charge < -0.3 is 15.7 Å². The zero-order valence-electron chi connectivity index (χ0n) is 9.54. The van der Waals surface area contributed by atoms with Gasteiger partial charge in [0.1, 0.15) is 6.04 Å². The van der Waals surface area contributed by atoms with E-state index in [9.17, 15) is 9.59 Å². The van der Waals surface area contributed by atoms with Gasteiger partial charge in [0.25, 0.3) is 0 Å².